The molecule has 1 aliphatic carbocycles. The van der Waals surface area contributed by atoms with Crippen LogP contribution < -0.4 is 4.72 Å². The van der Waals surface area contributed by atoms with Crippen molar-refractivity contribution in [2.45, 2.75) is 23.8 Å². The number of benzene rings is 2. The van der Waals surface area contributed by atoms with Crippen molar-refractivity contribution in [2.75, 3.05) is 26.2 Å². The summed E-state index contributed by atoms with van der Waals surface area (Å²) in [5, 5.41) is 0.0429. The number of carbonyl (C=O) groups excluding carboxylic acids is 2. The molecule has 10 heteroatoms. The lowest BCUT2D eigenvalue weighted by molar-refractivity contribution is 0.0535. The Kier molecular flexibility index (Phi) is 6.00. The number of hydrogen-bond acceptors (Lipinski definition) is 4. The van der Waals surface area contributed by atoms with E-state index in [9.17, 15) is 22.4 Å². The largest absolute Gasteiger partial charge is 0.335 e. The van der Waals surface area contributed by atoms with E-state index < -0.39 is 15.8 Å². The van der Waals surface area contributed by atoms with Gasteiger partial charge in [-0.15, -0.1) is 0 Å². The number of rotatable bonds is 5. The molecular formula is C21H21ClFN3O4S. The molecule has 2 amide bonds. The van der Waals surface area contributed by atoms with Gasteiger partial charge in [0.25, 0.3) is 11.8 Å². The number of carbonyl (C=O) groups is 2. The van der Waals surface area contributed by atoms with Crippen LogP contribution in [0.2, 0.25) is 5.02 Å². The van der Waals surface area contributed by atoms with Crippen molar-refractivity contribution < 1.29 is 22.4 Å². The number of sulfonamides is 1. The van der Waals surface area contributed by atoms with E-state index in [1.54, 1.807) is 21.9 Å². The molecule has 1 heterocycles. The van der Waals surface area contributed by atoms with Crippen LogP contribution in [-0.2, 0) is 10.0 Å². The topological polar surface area (TPSA) is 86.8 Å². The monoisotopic (exact) mass is 465 g/mol. The first-order valence-electron chi connectivity index (χ1n) is 9.90. The molecule has 0 bridgehead atoms. The maximum Gasteiger partial charge on any atom is 0.255 e. The molecule has 0 unspecified atom stereocenters. The van der Waals surface area contributed by atoms with E-state index in [4.69, 9.17) is 11.6 Å². The van der Waals surface area contributed by atoms with Gasteiger partial charge in [0, 0.05) is 37.8 Å². The molecule has 1 aliphatic heterocycles. The maximum atomic E-state index is 13.2. The fourth-order valence-corrected chi connectivity index (χ4v) is 5.01. The van der Waals surface area contributed by atoms with Gasteiger partial charge in [-0.1, -0.05) is 17.7 Å². The summed E-state index contributed by atoms with van der Waals surface area (Å²) in [5.41, 5.74) is 0.490. The normalized spacial score (nSPS) is 17.0. The summed E-state index contributed by atoms with van der Waals surface area (Å²) in [6, 6.07) is 9.56. The van der Waals surface area contributed by atoms with Crippen molar-refractivity contribution in [3.8, 4) is 0 Å². The second kappa shape index (κ2) is 8.57. The molecule has 7 nitrogen and oxygen atoms in total. The number of piperazine rings is 1. The Labute approximate surface area is 184 Å². The summed E-state index contributed by atoms with van der Waals surface area (Å²) in [6.45, 7) is 1.17. The van der Waals surface area contributed by atoms with Crippen LogP contribution >= 0.6 is 11.6 Å². The van der Waals surface area contributed by atoms with Crippen LogP contribution in [-0.4, -0.2) is 62.3 Å². The van der Waals surface area contributed by atoms with Crippen molar-refractivity contribution in [3.63, 3.8) is 0 Å². The standard InChI is InChI=1S/C21H21ClFN3O4S/c22-19-13-15(23)4-7-18(19)21(28)26-10-8-25(9-11-26)20(27)14-2-1-3-17(12-14)31(29,30)24-16-5-6-16/h1-4,7,12-13,16,24H,5-6,8-11H2. The van der Waals surface area contributed by atoms with Crippen molar-refractivity contribution >= 4 is 33.4 Å². The first-order valence-corrected chi connectivity index (χ1v) is 11.8. The highest BCUT2D eigenvalue weighted by Gasteiger charge is 2.30. The Morgan fingerprint density at radius 2 is 1.61 bits per heavy atom. The van der Waals surface area contributed by atoms with Gasteiger partial charge in [-0.05, 0) is 49.2 Å². The summed E-state index contributed by atoms with van der Waals surface area (Å²) in [5.74, 6) is -1.14. The minimum atomic E-state index is -3.65. The molecule has 2 aromatic carbocycles. The van der Waals surface area contributed by atoms with Crippen molar-refractivity contribution in [1.29, 1.82) is 0 Å². The predicted octanol–water partition coefficient (Wildman–Crippen LogP) is 2.52. The second-order valence-corrected chi connectivity index (χ2v) is 9.75. The van der Waals surface area contributed by atoms with Gasteiger partial charge >= 0.3 is 0 Å². The number of nitrogens with zero attached hydrogens (tertiary/aromatic N) is 2. The van der Waals surface area contributed by atoms with Gasteiger partial charge in [-0.25, -0.2) is 17.5 Å². The molecule has 1 saturated carbocycles. The highest BCUT2D eigenvalue weighted by atomic mass is 35.5. The van der Waals surface area contributed by atoms with Crippen LogP contribution in [0, 0.1) is 5.82 Å². The van der Waals surface area contributed by atoms with Gasteiger partial charge in [-0.3, -0.25) is 9.59 Å². The molecule has 0 radical (unpaired) electrons. The van der Waals surface area contributed by atoms with E-state index in [1.807, 2.05) is 0 Å². The number of hydrogen-bond donors (Lipinski definition) is 1. The van der Waals surface area contributed by atoms with E-state index >= 15 is 0 Å². The van der Waals surface area contributed by atoms with Gasteiger partial charge < -0.3 is 9.80 Å². The quantitative estimate of drug-likeness (QED) is 0.735. The van der Waals surface area contributed by atoms with Crippen LogP contribution in [0.5, 0.6) is 0 Å². The first-order chi connectivity index (χ1) is 14.7. The van der Waals surface area contributed by atoms with Crippen molar-refractivity contribution in [3.05, 3.63) is 64.4 Å². The fraction of sp³-hybridized carbons (Fsp3) is 0.333. The SMILES string of the molecule is O=C(c1cccc(S(=O)(=O)NC2CC2)c1)N1CCN(C(=O)c2ccc(F)cc2Cl)CC1. The number of halogens is 2. The van der Waals surface area contributed by atoms with E-state index in [2.05, 4.69) is 4.72 Å². The average molecular weight is 466 g/mol. The van der Waals surface area contributed by atoms with Gasteiger partial charge in [0.2, 0.25) is 10.0 Å². The molecular weight excluding hydrogens is 445 g/mol. The van der Waals surface area contributed by atoms with E-state index in [0.717, 1.165) is 18.9 Å². The third kappa shape index (κ3) is 4.89. The minimum absolute atomic E-state index is 0.0235. The molecule has 2 aromatic rings. The summed E-state index contributed by atoms with van der Waals surface area (Å²) >= 11 is 5.98. The minimum Gasteiger partial charge on any atom is -0.335 e. The molecule has 1 saturated heterocycles. The molecule has 2 aliphatic rings. The smallest absolute Gasteiger partial charge is 0.255 e. The first kappa shape index (κ1) is 21.7. The third-order valence-electron chi connectivity index (χ3n) is 5.31. The van der Waals surface area contributed by atoms with Crippen LogP contribution in [0.1, 0.15) is 33.6 Å². The zero-order valence-corrected chi connectivity index (χ0v) is 18.1. The molecule has 1 N–H and O–H groups in total. The Hall–Kier alpha value is -2.49. The summed E-state index contributed by atoms with van der Waals surface area (Å²) < 4.78 is 40.7. The highest BCUT2D eigenvalue weighted by Crippen LogP contribution is 2.23. The maximum absolute atomic E-state index is 13.2. The van der Waals surface area contributed by atoms with Crippen molar-refractivity contribution in [2.24, 2.45) is 0 Å². The lowest BCUT2D eigenvalue weighted by Crippen LogP contribution is -2.50. The molecule has 0 spiro atoms. The average Bonchev–Trinajstić information content (AvgIpc) is 3.56. The van der Waals surface area contributed by atoms with E-state index in [1.165, 1.54) is 24.3 Å². The van der Waals surface area contributed by atoms with Crippen LogP contribution in [0.25, 0.3) is 0 Å². The van der Waals surface area contributed by atoms with Gasteiger partial charge in [0.1, 0.15) is 5.82 Å². The van der Waals surface area contributed by atoms with E-state index in [-0.39, 0.29) is 38.9 Å². The Morgan fingerprint density at radius 3 is 2.23 bits per heavy atom. The Morgan fingerprint density at radius 1 is 0.968 bits per heavy atom. The molecule has 0 aromatic heterocycles. The Bertz CT molecular complexity index is 1130. The van der Waals surface area contributed by atoms with Gasteiger partial charge in [0.15, 0.2) is 0 Å². The highest BCUT2D eigenvalue weighted by molar-refractivity contribution is 7.89. The number of amides is 2. The van der Waals surface area contributed by atoms with Crippen LogP contribution in [0.3, 0.4) is 0 Å². The number of nitrogens with one attached hydrogen (secondary N) is 1. The zero-order valence-electron chi connectivity index (χ0n) is 16.6. The summed E-state index contributed by atoms with van der Waals surface area (Å²) in [7, 11) is -3.65. The molecule has 164 valence electrons. The Balaban J connectivity index is 1.41. The second-order valence-electron chi connectivity index (χ2n) is 7.63. The lowest BCUT2D eigenvalue weighted by Gasteiger charge is -2.35. The molecule has 31 heavy (non-hydrogen) atoms. The summed E-state index contributed by atoms with van der Waals surface area (Å²) in [6.07, 6.45) is 1.65. The predicted molar refractivity (Wildman–Crippen MR) is 113 cm³/mol. The van der Waals surface area contributed by atoms with Crippen molar-refractivity contribution in [1.82, 2.24) is 14.5 Å². The van der Waals surface area contributed by atoms with E-state index in [0.29, 0.717) is 26.2 Å². The van der Waals surface area contributed by atoms with Gasteiger partial charge in [-0.2, -0.15) is 0 Å². The van der Waals surface area contributed by atoms with Crippen LogP contribution in [0.4, 0.5) is 4.39 Å². The molecule has 2 fully saturated rings. The zero-order chi connectivity index (χ0) is 22.2. The fourth-order valence-electron chi connectivity index (χ4n) is 3.41. The lowest BCUT2D eigenvalue weighted by atomic mass is 10.1. The van der Waals surface area contributed by atoms with Crippen LogP contribution in [0.15, 0.2) is 47.4 Å². The summed E-state index contributed by atoms with van der Waals surface area (Å²) in [4.78, 5) is 28.8. The molecule has 0 atom stereocenters. The molecule has 4 rings (SSSR count). The van der Waals surface area contributed by atoms with Gasteiger partial charge in [0.05, 0.1) is 15.5 Å². The third-order valence-corrected chi connectivity index (χ3v) is 7.14.